The Morgan fingerprint density at radius 3 is 2.95 bits per heavy atom. The number of H-pyrrole nitrogens is 1. The van der Waals surface area contributed by atoms with Crippen LogP contribution in [0.4, 0.5) is 0 Å². The fraction of sp³-hybridized carbons (Fsp3) is 0.333. The molecule has 1 aromatic carbocycles. The van der Waals surface area contributed by atoms with Gasteiger partial charge in [0.1, 0.15) is 16.9 Å². The van der Waals surface area contributed by atoms with Gasteiger partial charge in [0, 0.05) is 11.4 Å². The van der Waals surface area contributed by atoms with E-state index in [2.05, 4.69) is 9.97 Å². The number of likely N-dealkylation sites (N-methyl/N-ethyl adjacent to an activating group) is 1. The molecule has 21 heavy (non-hydrogen) atoms. The second-order valence-electron chi connectivity index (χ2n) is 5.24. The quantitative estimate of drug-likeness (QED) is 0.759. The predicted octanol–water partition coefficient (Wildman–Crippen LogP) is 1.48. The third-order valence-electron chi connectivity index (χ3n) is 3.70. The minimum atomic E-state index is -0.281. The summed E-state index contributed by atoms with van der Waals surface area (Å²) in [6, 6.07) is 7.44. The van der Waals surface area contributed by atoms with E-state index in [9.17, 15) is 4.79 Å². The van der Waals surface area contributed by atoms with Crippen molar-refractivity contribution in [3.8, 4) is 0 Å². The second kappa shape index (κ2) is 5.31. The predicted molar refractivity (Wildman–Crippen MR) is 80.2 cm³/mol. The molecule has 0 radical (unpaired) electrons. The van der Waals surface area contributed by atoms with E-state index in [0.29, 0.717) is 23.5 Å². The first-order chi connectivity index (χ1) is 10.1. The Balaban J connectivity index is 2.09. The molecule has 1 atom stereocenters. The minimum Gasteiger partial charge on any atom is -0.449 e. The first-order valence-electron chi connectivity index (χ1n) is 6.81. The summed E-state index contributed by atoms with van der Waals surface area (Å²) in [4.78, 5) is 21.3. The molecule has 2 heterocycles. The van der Waals surface area contributed by atoms with Crippen LogP contribution in [0.1, 0.15) is 12.7 Å². The number of aromatic amines is 1. The Kier molecular flexibility index (Phi) is 3.48. The lowest BCUT2D eigenvalue weighted by atomic mass is 10.2. The molecule has 2 aromatic heterocycles. The maximum Gasteiger partial charge on any atom is 0.294 e. The van der Waals surface area contributed by atoms with Crippen LogP contribution in [-0.2, 0) is 6.54 Å². The van der Waals surface area contributed by atoms with E-state index in [4.69, 9.17) is 9.52 Å². The third-order valence-corrected chi connectivity index (χ3v) is 3.70. The molecule has 6 nitrogen and oxygen atoms in total. The van der Waals surface area contributed by atoms with Gasteiger partial charge in [-0.3, -0.25) is 9.69 Å². The molecule has 3 aromatic rings. The molecule has 0 spiro atoms. The number of hydrogen-bond donors (Lipinski definition) is 2. The van der Waals surface area contributed by atoms with Gasteiger partial charge in [0.25, 0.3) is 5.56 Å². The molecule has 0 fully saturated rings. The first kappa shape index (κ1) is 13.8. The standard InChI is InChI=1S/C15H17N3O3/c1-9(8-19)18(2)7-12-16-13-10-5-3-4-6-11(10)21-14(13)15(20)17-12/h3-6,9,19H,7-8H2,1-2H3,(H,16,17,20). The van der Waals surface area contributed by atoms with Crippen LogP contribution in [0.2, 0.25) is 0 Å². The van der Waals surface area contributed by atoms with Crippen molar-refractivity contribution in [3.05, 3.63) is 40.4 Å². The smallest absolute Gasteiger partial charge is 0.294 e. The normalized spacial score (nSPS) is 13.3. The fourth-order valence-electron chi connectivity index (χ4n) is 2.25. The zero-order valence-corrected chi connectivity index (χ0v) is 12.0. The van der Waals surface area contributed by atoms with Crippen LogP contribution in [0, 0.1) is 0 Å². The summed E-state index contributed by atoms with van der Waals surface area (Å²) < 4.78 is 5.55. The van der Waals surface area contributed by atoms with Crippen LogP contribution in [0.5, 0.6) is 0 Å². The first-order valence-corrected chi connectivity index (χ1v) is 6.81. The summed E-state index contributed by atoms with van der Waals surface area (Å²) in [6.07, 6.45) is 0. The van der Waals surface area contributed by atoms with E-state index < -0.39 is 0 Å². The summed E-state index contributed by atoms with van der Waals surface area (Å²) in [5, 5.41) is 10.0. The summed E-state index contributed by atoms with van der Waals surface area (Å²) in [6.45, 7) is 2.41. The van der Waals surface area contributed by atoms with Crippen molar-refractivity contribution < 1.29 is 9.52 Å². The zero-order chi connectivity index (χ0) is 15.0. The van der Waals surface area contributed by atoms with Crippen molar-refractivity contribution in [3.63, 3.8) is 0 Å². The lowest BCUT2D eigenvalue weighted by Crippen LogP contribution is -2.32. The molecule has 1 unspecified atom stereocenters. The zero-order valence-electron chi connectivity index (χ0n) is 12.0. The number of para-hydroxylation sites is 1. The SMILES string of the molecule is CC(CO)N(C)Cc1nc2c(oc3ccccc32)c(=O)[nH]1. The molecule has 0 saturated heterocycles. The Morgan fingerprint density at radius 2 is 2.19 bits per heavy atom. The number of nitrogens with one attached hydrogen (secondary N) is 1. The lowest BCUT2D eigenvalue weighted by molar-refractivity contribution is 0.151. The molecular weight excluding hydrogens is 270 g/mol. The van der Waals surface area contributed by atoms with Gasteiger partial charge in [-0.25, -0.2) is 4.98 Å². The van der Waals surface area contributed by atoms with E-state index in [1.54, 1.807) is 0 Å². The van der Waals surface area contributed by atoms with Gasteiger partial charge >= 0.3 is 0 Å². The number of fused-ring (bicyclic) bond motifs is 3. The van der Waals surface area contributed by atoms with Crippen LogP contribution in [0.3, 0.4) is 0 Å². The van der Waals surface area contributed by atoms with Gasteiger partial charge in [0.05, 0.1) is 13.2 Å². The molecule has 0 saturated carbocycles. The molecule has 0 aliphatic heterocycles. The topological polar surface area (TPSA) is 82.4 Å². The molecule has 110 valence electrons. The van der Waals surface area contributed by atoms with E-state index in [0.717, 1.165) is 5.39 Å². The van der Waals surface area contributed by atoms with Gasteiger partial charge in [0.2, 0.25) is 5.58 Å². The highest BCUT2D eigenvalue weighted by Gasteiger charge is 2.15. The molecule has 2 N–H and O–H groups in total. The van der Waals surface area contributed by atoms with Crippen molar-refractivity contribution in [2.45, 2.75) is 19.5 Å². The molecule has 0 amide bonds. The molecule has 6 heteroatoms. The summed E-state index contributed by atoms with van der Waals surface area (Å²) >= 11 is 0. The van der Waals surface area contributed by atoms with Gasteiger partial charge in [-0.1, -0.05) is 12.1 Å². The highest BCUT2D eigenvalue weighted by molar-refractivity contribution is 6.01. The average Bonchev–Trinajstić information content (AvgIpc) is 2.86. The molecular formula is C15H17N3O3. The van der Waals surface area contributed by atoms with Crippen LogP contribution in [0.25, 0.3) is 22.1 Å². The minimum absolute atomic E-state index is 0.00732. The average molecular weight is 287 g/mol. The number of aliphatic hydroxyl groups is 1. The van der Waals surface area contributed by atoms with Gasteiger partial charge in [-0.15, -0.1) is 0 Å². The highest BCUT2D eigenvalue weighted by Crippen LogP contribution is 2.24. The third kappa shape index (κ3) is 2.43. The van der Waals surface area contributed by atoms with E-state index >= 15 is 0 Å². The van der Waals surface area contributed by atoms with Crippen molar-refractivity contribution in [2.24, 2.45) is 0 Å². The number of aromatic nitrogens is 2. The number of nitrogens with zero attached hydrogens (tertiary/aromatic N) is 2. The molecule has 0 aliphatic carbocycles. The number of hydrogen-bond acceptors (Lipinski definition) is 5. The molecule has 0 bridgehead atoms. The van der Waals surface area contributed by atoms with Crippen LogP contribution < -0.4 is 5.56 Å². The molecule has 3 rings (SSSR count). The maximum absolute atomic E-state index is 12.1. The van der Waals surface area contributed by atoms with Gasteiger partial charge < -0.3 is 14.5 Å². The van der Waals surface area contributed by atoms with Crippen molar-refractivity contribution >= 4 is 22.1 Å². The number of rotatable bonds is 4. The number of furan rings is 1. The maximum atomic E-state index is 12.1. The summed E-state index contributed by atoms with van der Waals surface area (Å²) in [5.74, 6) is 0.557. The number of aliphatic hydroxyl groups excluding tert-OH is 1. The van der Waals surface area contributed by atoms with E-state index in [-0.39, 0.29) is 23.8 Å². The van der Waals surface area contributed by atoms with Crippen molar-refractivity contribution in [2.75, 3.05) is 13.7 Å². The molecule has 0 aliphatic rings. The Morgan fingerprint density at radius 1 is 1.43 bits per heavy atom. The largest absolute Gasteiger partial charge is 0.449 e. The summed E-state index contributed by atoms with van der Waals surface area (Å²) in [7, 11) is 1.87. The lowest BCUT2D eigenvalue weighted by Gasteiger charge is -2.21. The van der Waals surface area contributed by atoms with Crippen LogP contribution in [0.15, 0.2) is 33.5 Å². The fourth-order valence-corrected chi connectivity index (χ4v) is 2.25. The Hall–Kier alpha value is -2.18. The van der Waals surface area contributed by atoms with Crippen LogP contribution in [-0.4, -0.2) is 39.7 Å². The van der Waals surface area contributed by atoms with E-state index in [1.807, 2.05) is 43.1 Å². The number of benzene rings is 1. The highest BCUT2D eigenvalue weighted by atomic mass is 16.3. The van der Waals surface area contributed by atoms with Crippen molar-refractivity contribution in [1.82, 2.24) is 14.9 Å². The van der Waals surface area contributed by atoms with E-state index in [1.165, 1.54) is 0 Å². The Labute approximate surface area is 121 Å². The second-order valence-corrected chi connectivity index (χ2v) is 5.24. The van der Waals surface area contributed by atoms with Gasteiger partial charge in [-0.05, 0) is 26.1 Å². The van der Waals surface area contributed by atoms with Crippen molar-refractivity contribution in [1.29, 1.82) is 0 Å². The van der Waals surface area contributed by atoms with Gasteiger partial charge in [0.15, 0.2) is 0 Å². The summed E-state index contributed by atoms with van der Waals surface area (Å²) in [5.41, 5.74) is 1.20. The monoisotopic (exact) mass is 287 g/mol. The van der Waals surface area contributed by atoms with Gasteiger partial charge in [-0.2, -0.15) is 0 Å². The Bertz CT molecular complexity index is 837. The van der Waals surface area contributed by atoms with Crippen LogP contribution >= 0.6 is 0 Å².